The van der Waals surface area contributed by atoms with Crippen LogP contribution in [0, 0.1) is 5.82 Å². The summed E-state index contributed by atoms with van der Waals surface area (Å²) in [7, 11) is 0. The Labute approximate surface area is 172 Å². The molecule has 0 aliphatic heterocycles. The summed E-state index contributed by atoms with van der Waals surface area (Å²) < 4.78 is 19.2. The third-order valence-electron chi connectivity index (χ3n) is 4.42. The Morgan fingerprint density at radius 1 is 1.14 bits per heavy atom. The van der Waals surface area contributed by atoms with Crippen molar-refractivity contribution in [1.29, 1.82) is 0 Å². The number of nitrogens with one attached hydrogen (secondary N) is 1. The first kappa shape index (κ1) is 20.9. The molecule has 1 atom stereocenters. The fourth-order valence-electron chi connectivity index (χ4n) is 2.82. The lowest BCUT2D eigenvalue weighted by Gasteiger charge is -2.13. The van der Waals surface area contributed by atoms with Gasteiger partial charge in [-0.05, 0) is 56.0 Å². The molecule has 1 amide bonds. The number of benzene rings is 2. The van der Waals surface area contributed by atoms with E-state index in [1.165, 1.54) is 16.8 Å². The summed E-state index contributed by atoms with van der Waals surface area (Å²) in [5, 5.41) is 3.74. The number of fused-ring (bicyclic) bond motifs is 1. The van der Waals surface area contributed by atoms with Gasteiger partial charge in [0.2, 0.25) is 0 Å². The molecule has 0 fully saturated rings. The van der Waals surface area contributed by atoms with Crippen LogP contribution in [-0.2, 0) is 27.3 Å². The van der Waals surface area contributed by atoms with E-state index in [9.17, 15) is 14.0 Å². The molecule has 0 spiro atoms. The van der Waals surface area contributed by atoms with Crippen LogP contribution < -0.4 is 5.32 Å². The first-order valence-corrected chi connectivity index (χ1v) is 10.4. The fraction of sp³-hybridized carbons (Fsp3) is 0.318. The minimum Gasteiger partial charge on any atom is -0.453 e. The highest BCUT2D eigenvalue weighted by atomic mass is 32.1. The Morgan fingerprint density at radius 3 is 2.66 bits per heavy atom. The van der Waals surface area contributed by atoms with E-state index in [4.69, 9.17) is 4.74 Å². The SMILES string of the molecule is C[C@H](OC(=O)CCCCc1nc2ccccc2s1)C(=O)NCc1ccc(F)cc1. The quantitative estimate of drug-likeness (QED) is 0.416. The van der Waals surface area contributed by atoms with Crippen molar-refractivity contribution in [2.75, 3.05) is 0 Å². The van der Waals surface area contributed by atoms with Crippen molar-refractivity contribution in [1.82, 2.24) is 10.3 Å². The highest BCUT2D eigenvalue weighted by molar-refractivity contribution is 7.18. The minimum absolute atomic E-state index is 0.253. The van der Waals surface area contributed by atoms with E-state index in [0.29, 0.717) is 6.42 Å². The molecule has 5 nitrogen and oxygen atoms in total. The Morgan fingerprint density at radius 2 is 1.90 bits per heavy atom. The van der Waals surface area contributed by atoms with Crippen molar-refractivity contribution in [3.8, 4) is 0 Å². The van der Waals surface area contributed by atoms with Crippen molar-refractivity contribution in [3.63, 3.8) is 0 Å². The molecule has 0 saturated heterocycles. The fourth-order valence-corrected chi connectivity index (χ4v) is 3.83. The van der Waals surface area contributed by atoms with E-state index in [-0.39, 0.29) is 24.7 Å². The van der Waals surface area contributed by atoms with Gasteiger partial charge in [0.25, 0.3) is 5.91 Å². The zero-order valence-corrected chi connectivity index (χ0v) is 17.0. The third-order valence-corrected chi connectivity index (χ3v) is 5.51. The van der Waals surface area contributed by atoms with E-state index in [2.05, 4.69) is 16.4 Å². The number of para-hydroxylation sites is 1. The molecule has 152 valence electrons. The van der Waals surface area contributed by atoms with Gasteiger partial charge in [-0.25, -0.2) is 9.37 Å². The molecular weight excluding hydrogens is 391 g/mol. The number of nitrogens with zero attached hydrogens (tertiary/aromatic N) is 1. The predicted molar refractivity (Wildman–Crippen MR) is 111 cm³/mol. The maximum absolute atomic E-state index is 12.9. The standard InChI is InChI=1S/C22H23FN2O3S/c1-15(22(27)24-14-16-10-12-17(23)13-11-16)28-21(26)9-5-4-8-20-25-18-6-2-3-7-19(18)29-20/h2-3,6-7,10-13,15H,4-5,8-9,14H2,1H3,(H,24,27)/t15-/m0/s1. The number of halogens is 1. The van der Waals surface area contributed by atoms with Crippen LogP contribution in [0.4, 0.5) is 4.39 Å². The number of ether oxygens (including phenoxy) is 1. The number of hydrogen-bond donors (Lipinski definition) is 1. The highest BCUT2D eigenvalue weighted by Crippen LogP contribution is 2.22. The van der Waals surface area contributed by atoms with Crippen LogP contribution in [-0.4, -0.2) is 23.0 Å². The van der Waals surface area contributed by atoms with Gasteiger partial charge >= 0.3 is 5.97 Å². The molecule has 0 saturated carbocycles. The smallest absolute Gasteiger partial charge is 0.306 e. The molecule has 3 aromatic rings. The Balaban J connectivity index is 1.33. The second-order valence-electron chi connectivity index (χ2n) is 6.76. The number of rotatable bonds is 9. The monoisotopic (exact) mass is 414 g/mol. The van der Waals surface area contributed by atoms with Crippen LogP contribution in [0.5, 0.6) is 0 Å². The van der Waals surface area contributed by atoms with Crippen molar-refractivity contribution in [2.24, 2.45) is 0 Å². The maximum atomic E-state index is 12.9. The first-order chi connectivity index (χ1) is 14.0. The van der Waals surface area contributed by atoms with Gasteiger partial charge in [-0.15, -0.1) is 11.3 Å². The molecular formula is C22H23FN2O3S. The average molecular weight is 415 g/mol. The largest absolute Gasteiger partial charge is 0.453 e. The van der Waals surface area contributed by atoms with Gasteiger partial charge in [-0.2, -0.15) is 0 Å². The number of carbonyl (C=O) groups is 2. The Kier molecular flexibility index (Phi) is 7.30. The van der Waals surface area contributed by atoms with Crippen molar-refractivity contribution in [3.05, 3.63) is 64.9 Å². The molecule has 0 unspecified atom stereocenters. The van der Waals surface area contributed by atoms with Gasteiger partial charge in [0, 0.05) is 13.0 Å². The predicted octanol–water partition coefficient (Wildman–Crippen LogP) is 4.40. The second-order valence-corrected chi connectivity index (χ2v) is 7.87. The van der Waals surface area contributed by atoms with Gasteiger partial charge in [0.05, 0.1) is 15.2 Å². The van der Waals surface area contributed by atoms with Crippen LogP contribution in [0.15, 0.2) is 48.5 Å². The molecule has 0 aliphatic carbocycles. The summed E-state index contributed by atoms with van der Waals surface area (Å²) in [6, 6.07) is 13.9. The van der Waals surface area contributed by atoms with Crippen LogP contribution in [0.25, 0.3) is 10.2 Å². The zero-order chi connectivity index (χ0) is 20.6. The summed E-state index contributed by atoms with van der Waals surface area (Å²) in [5.41, 5.74) is 1.78. The number of esters is 1. The van der Waals surface area contributed by atoms with Crippen LogP contribution in [0.1, 0.15) is 36.8 Å². The van der Waals surface area contributed by atoms with Crippen LogP contribution >= 0.6 is 11.3 Å². The molecule has 1 heterocycles. The topological polar surface area (TPSA) is 68.3 Å². The molecule has 1 N–H and O–H groups in total. The van der Waals surface area contributed by atoms with E-state index in [1.54, 1.807) is 30.4 Å². The molecule has 3 rings (SSSR count). The number of hydrogen-bond acceptors (Lipinski definition) is 5. The average Bonchev–Trinajstić information content (AvgIpc) is 3.13. The molecule has 1 aromatic heterocycles. The van der Waals surface area contributed by atoms with Crippen molar-refractivity contribution in [2.45, 2.75) is 45.3 Å². The van der Waals surface area contributed by atoms with Crippen molar-refractivity contribution >= 4 is 33.4 Å². The summed E-state index contributed by atoms with van der Waals surface area (Å²) in [4.78, 5) is 28.6. The number of amides is 1. The summed E-state index contributed by atoms with van der Waals surface area (Å²) in [5.74, 6) is -1.10. The molecule has 7 heteroatoms. The number of aryl methyl sites for hydroxylation is 1. The van der Waals surface area contributed by atoms with Gasteiger partial charge in [0.1, 0.15) is 5.82 Å². The summed E-state index contributed by atoms with van der Waals surface area (Å²) >= 11 is 1.67. The van der Waals surface area contributed by atoms with Crippen LogP contribution in [0.3, 0.4) is 0 Å². The lowest BCUT2D eigenvalue weighted by atomic mass is 10.2. The zero-order valence-electron chi connectivity index (χ0n) is 16.2. The van der Waals surface area contributed by atoms with Gasteiger partial charge < -0.3 is 10.1 Å². The Hall–Kier alpha value is -2.80. The van der Waals surface area contributed by atoms with Gasteiger partial charge in [-0.1, -0.05) is 24.3 Å². The van der Waals surface area contributed by atoms with Gasteiger partial charge in [-0.3, -0.25) is 9.59 Å². The highest BCUT2D eigenvalue weighted by Gasteiger charge is 2.17. The molecule has 0 aliphatic rings. The van der Waals surface area contributed by atoms with E-state index in [1.807, 2.05) is 18.2 Å². The summed E-state index contributed by atoms with van der Waals surface area (Å²) in [6.07, 6.45) is 1.73. The van der Waals surface area contributed by atoms with E-state index < -0.39 is 12.1 Å². The van der Waals surface area contributed by atoms with Crippen molar-refractivity contribution < 1.29 is 18.7 Å². The number of aromatic nitrogens is 1. The molecule has 2 aromatic carbocycles. The maximum Gasteiger partial charge on any atom is 0.306 e. The molecule has 0 bridgehead atoms. The van der Waals surface area contributed by atoms with Crippen LogP contribution in [0.2, 0.25) is 0 Å². The van der Waals surface area contributed by atoms with E-state index in [0.717, 1.165) is 28.9 Å². The van der Waals surface area contributed by atoms with Gasteiger partial charge in [0.15, 0.2) is 6.10 Å². The molecule has 0 radical (unpaired) electrons. The summed E-state index contributed by atoms with van der Waals surface area (Å²) in [6.45, 7) is 1.79. The second kappa shape index (κ2) is 10.1. The molecule has 29 heavy (non-hydrogen) atoms. The normalized spacial score (nSPS) is 11.9. The Bertz CT molecular complexity index is 939. The number of thiazole rings is 1. The number of carbonyl (C=O) groups excluding carboxylic acids is 2. The number of unbranched alkanes of at least 4 members (excludes halogenated alkanes) is 1. The van der Waals surface area contributed by atoms with E-state index >= 15 is 0 Å². The first-order valence-electron chi connectivity index (χ1n) is 9.57. The third kappa shape index (κ3) is 6.35. The lowest BCUT2D eigenvalue weighted by molar-refractivity contribution is -0.155. The minimum atomic E-state index is -0.868. The lowest BCUT2D eigenvalue weighted by Crippen LogP contribution is -2.35.